The highest BCUT2D eigenvalue weighted by Gasteiger charge is 2.06. The number of aryl methyl sites for hydroxylation is 1. The summed E-state index contributed by atoms with van der Waals surface area (Å²) in [5.74, 6) is -0.113. The first-order valence-corrected chi connectivity index (χ1v) is 9.27. The molecule has 0 saturated carbocycles. The molecule has 0 radical (unpaired) electrons. The maximum Gasteiger partial charge on any atom is 0.251 e. The van der Waals surface area contributed by atoms with Crippen LogP contribution in [0.2, 0.25) is 0 Å². The number of hydrogen-bond donors (Lipinski definition) is 2. The van der Waals surface area contributed by atoms with E-state index in [0.29, 0.717) is 25.1 Å². The van der Waals surface area contributed by atoms with Crippen molar-refractivity contribution in [1.29, 1.82) is 0 Å². The van der Waals surface area contributed by atoms with Crippen LogP contribution < -0.4 is 10.6 Å². The van der Waals surface area contributed by atoms with Crippen LogP contribution in [0.15, 0.2) is 79.1 Å². The van der Waals surface area contributed by atoms with Crippen LogP contribution in [0.5, 0.6) is 0 Å². The topological polar surface area (TPSA) is 71.1 Å². The molecule has 1 aromatic heterocycles. The predicted molar refractivity (Wildman–Crippen MR) is 108 cm³/mol. The van der Waals surface area contributed by atoms with Crippen LogP contribution in [0.1, 0.15) is 33.5 Å². The van der Waals surface area contributed by atoms with E-state index in [9.17, 15) is 9.59 Å². The van der Waals surface area contributed by atoms with E-state index in [4.69, 9.17) is 0 Å². The number of rotatable bonds is 8. The minimum absolute atomic E-state index is 0.0167. The average Bonchev–Trinajstić information content (AvgIpc) is 2.76. The molecule has 2 N–H and O–H groups in total. The number of nitrogens with one attached hydrogen (secondary N) is 2. The van der Waals surface area contributed by atoms with Crippen LogP contribution in [-0.4, -0.2) is 16.8 Å². The molecule has 0 atom stereocenters. The van der Waals surface area contributed by atoms with E-state index >= 15 is 0 Å². The van der Waals surface area contributed by atoms with E-state index in [1.807, 2.05) is 54.6 Å². The summed E-state index contributed by atoms with van der Waals surface area (Å²) in [5.41, 5.74) is 3.70. The van der Waals surface area contributed by atoms with Crippen molar-refractivity contribution in [3.8, 4) is 0 Å². The standard InChI is InChI=1S/C23H23N3O2/c27-22(11-8-18-4-2-1-3-5-18)25-16-19-6-9-21(10-7-19)23(28)26-17-20-12-14-24-15-13-20/h1-7,9-10,12-15H,8,11,16-17H2,(H,25,27)(H,26,28). The van der Waals surface area contributed by atoms with Crippen molar-refractivity contribution in [2.45, 2.75) is 25.9 Å². The first-order valence-electron chi connectivity index (χ1n) is 9.27. The van der Waals surface area contributed by atoms with Crippen molar-refractivity contribution in [2.24, 2.45) is 0 Å². The van der Waals surface area contributed by atoms with Gasteiger partial charge in [0, 0.05) is 37.5 Å². The summed E-state index contributed by atoms with van der Waals surface area (Å²) in [5, 5.41) is 5.80. The first kappa shape index (κ1) is 19.3. The normalized spacial score (nSPS) is 10.3. The lowest BCUT2D eigenvalue weighted by Crippen LogP contribution is -2.24. The lowest BCUT2D eigenvalue weighted by Gasteiger charge is -2.08. The summed E-state index contributed by atoms with van der Waals surface area (Å²) in [7, 11) is 0. The van der Waals surface area contributed by atoms with Crippen LogP contribution in [0.4, 0.5) is 0 Å². The fourth-order valence-electron chi connectivity index (χ4n) is 2.75. The molecular formula is C23H23N3O2. The number of carbonyl (C=O) groups is 2. The number of hydrogen-bond acceptors (Lipinski definition) is 3. The lowest BCUT2D eigenvalue weighted by atomic mass is 10.1. The molecule has 142 valence electrons. The van der Waals surface area contributed by atoms with Crippen molar-refractivity contribution in [2.75, 3.05) is 0 Å². The summed E-state index contributed by atoms with van der Waals surface area (Å²) >= 11 is 0. The number of amides is 2. The van der Waals surface area contributed by atoms with Gasteiger partial charge < -0.3 is 10.6 Å². The van der Waals surface area contributed by atoms with E-state index in [2.05, 4.69) is 15.6 Å². The van der Waals surface area contributed by atoms with Crippen molar-refractivity contribution >= 4 is 11.8 Å². The molecule has 0 aliphatic heterocycles. The highest BCUT2D eigenvalue weighted by molar-refractivity contribution is 5.94. The molecule has 5 heteroatoms. The zero-order chi connectivity index (χ0) is 19.6. The van der Waals surface area contributed by atoms with Gasteiger partial charge in [0.1, 0.15) is 0 Å². The Labute approximate surface area is 164 Å². The maximum absolute atomic E-state index is 12.2. The second-order valence-electron chi connectivity index (χ2n) is 6.50. The molecule has 0 spiro atoms. The van der Waals surface area contributed by atoms with E-state index in [1.165, 1.54) is 0 Å². The highest BCUT2D eigenvalue weighted by Crippen LogP contribution is 2.06. The monoisotopic (exact) mass is 373 g/mol. The summed E-state index contributed by atoms with van der Waals surface area (Å²) < 4.78 is 0. The van der Waals surface area contributed by atoms with Crippen molar-refractivity contribution in [1.82, 2.24) is 15.6 Å². The minimum atomic E-state index is -0.129. The molecule has 2 amide bonds. The smallest absolute Gasteiger partial charge is 0.251 e. The molecule has 5 nitrogen and oxygen atoms in total. The van der Waals surface area contributed by atoms with Gasteiger partial charge in [-0.25, -0.2) is 0 Å². The quantitative estimate of drug-likeness (QED) is 0.637. The van der Waals surface area contributed by atoms with Crippen molar-refractivity contribution < 1.29 is 9.59 Å². The zero-order valence-electron chi connectivity index (χ0n) is 15.6. The summed E-state index contributed by atoms with van der Waals surface area (Å²) in [4.78, 5) is 28.2. The first-order chi connectivity index (χ1) is 13.7. The van der Waals surface area contributed by atoms with Gasteiger partial charge in [0.15, 0.2) is 0 Å². The molecule has 28 heavy (non-hydrogen) atoms. The van der Waals surface area contributed by atoms with Gasteiger partial charge in [-0.15, -0.1) is 0 Å². The molecule has 0 fully saturated rings. The third-order valence-corrected chi connectivity index (χ3v) is 4.39. The summed E-state index contributed by atoms with van der Waals surface area (Å²) in [6, 6.07) is 20.9. The Morgan fingerprint density at radius 2 is 1.36 bits per heavy atom. The predicted octanol–water partition coefficient (Wildman–Crippen LogP) is 3.26. The maximum atomic E-state index is 12.2. The van der Waals surface area contributed by atoms with Gasteiger partial charge in [0.2, 0.25) is 5.91 Å². The Morgan fingerprint density at radius 3 is 2.07 bits per heavy atom. The summed E-state index contributed by atoms with van der Waals surface area (Å²) in [6.45, 7) is 0.910. The molecule has 2 aromatic carbocycles. The average molecular weight is 373 g/mol. The van der Waals surface area contributed by atoms with Crippen LogP contribution in [-0.2, 0) is 24.3 Å². The van der Waals surface area contributed by atoms with Gasteiger partial charge in [-0.2, -0.15) is 0 Å². The molecule has 0 bridgehead atoms. The number of benzene rings is 2. The van der Waals surface area contributed by atoms with E-state index in [1.54, 1.807) is 24.5 Å². The number of nitrogens with zero attached hydrogens (tertiary/aromatic N) is 1. The third kappa shape index (κ3) is 6.06. The fourth-order valence-corrected chi connectivity index (χ4v) is 2.75. The van der Waals surface area contributed by atoms with E-state index < -0.39 is 0 Å². The molecule has 0 unspecified atom stereocenters. The van der Waals surface area contributed by atoms with E-state index in [-0.39, 0.29) is 11.8 Å². The van der Waals surface area contributed by atoms with Crippen LogP contribution >= 0.6 is 0 Å². The Hall–Kier alpha value is -3.47. The van der Waals surface area contributed by atoms with Gasteiger partial charge in [-0.05, 0) is 47.4 Å². The summed E-state index contributed by atoms with van der Waals surface area (Å²) in [6.07, 6.45) is 4.58. The Balaban J connectivity index is 1.42. The van der Waals surface area contributed by atoms with Crippen molar-refractivity contribution in [3.05, 3.63) is 101 Å². The van der Waals surface area contributed by atoms with Crippen LogP contribution in [0.25, 0.3) is 0 Å². The lowest BCUT2D eigenvalue weighted by molar-refractivity contribution is -0.121. The Kier molecular flexibility index (Phi) is 6.90. The molecule has 3 aromatic rings. The second kappa shape index (κ2) is 10.0. The molecule has 0 aliphatic rings. The minimum Gasteiger partial charge on any atom is -0.352 e. The van der Waals surface area contributed by atoms with Gasteiger partial charge in [0.25, 0.3) is 5.91 Å². The Morgan fingerprint density at radius 1 is 0.714 bits per heavy atom. The van der Waals surface area contributed by atoms with Gasteiger partial charge >= 0.3 is 0 Å². The van der Waals surface area contributed by atoms with Gasteiger partial charge in [0.05, 0.1) is 0 Å². The van der Waals surface area contributed by atoms with Gasteiger partial charge in [-0.1, -0.05) is 42.5 Å². The molecule has 0 saturated heterocycles. The fraction of sp³-hybridized carbons (Fsp3) is 0.174. The number of aromatic nitrogens is 1. The van der Waals surface area contributed by atoms with Gasteiger partial charge in [-0.3, -0.25) is 14.6 Å². The molecule has 3 rings (SSSR count). The molecule has 1 heterocycles. The van der Waals surface area contributed by atoms with Crippen LogP contribution in [0.3, 0.4) is 0 Å². The SMILES string of the molecule is O=C(CCc1ccccc1)NCc1ccc(C(=O)NCc2ccncc2)cc1. The molecular weight excluding hydrogens is 350 g/mol. The molecule has 0 aliphatic carbocycles. The number of carbonyl (C=O) groups excluding carboxylic acids is 2. The van der Waals surface area contributed by atoms with Crippen LogP contribution in [0, 0.1) is 0 Å². The van der Waals surface area contributed by atoms with Crippen molar-refractivity contribution in [3.63, 3.8) is 0 Å². The Bertz CT molecular complexity index is 894. The third-order valence-electron chi connectivity index (χ3n) is 4.39. The number of pyridine rings is 1. The van der Waals surface area contributed by atoms with E-state index in [0.717, 1.165) is 23.1 Å². The largest absolute Gasteiger partial charge is 0.352 e. The zero-order valence-corrected chi connectivity index (χ0v) is 15.6. The highest BCUT2D eigenvalue weighted by atomic mass is 16.2. The second-order valence-corrected chi connectivity index (χ2v) is 6.50.